The van der Waals surface area contributed by atoms with Gasteiger partial charge in [0.05, 0.1) is 7.11 Å². The Bertz CT molecular complexity index is 656. The van der Waals surface area contributed by atoms with Gasteiger partial charge in [-0.2, -0.15) is 0 Å². The summed E-state index contributed by atoms with van der Waals surface area (Å²) in [6.45, 7) is 4.70. The lowest BCUT2D eigenvalue weighted by Crippen LogP contribution is -2.34. The molecule has 0 unspecified atom stereocenters. The summed E-state index contributed by atoms with van der Waals surface area (Å²) in [5.41, 5.74) is 1.01. The molecule has 0 spiro atoms. The van der Waals surface area contributed by atoms with Crippen LogP contribution in [0.15, 0.2) is 17.0 Å². The van der Waals surface area contributed by atoms with E-state index in [2.05, 4.69) is 9.72 Å². The van der Waals surface area contributed by atoms with E-state index in [9.17, 15) is 14.4 Å². The van der Waals surface area contributed by atoms with E-state index in [1.807, 2.05) is 11.8 Å². The molecule has 1 aromatic rings. The summed E-state index contributed by atoms with van der Waals surface area (Å²) >= 11 is 1.23. The predicted octanol–water partition coefficient (Wildman–Crippen LogP) is 1.85. The van der Waals surface area contributed by atoms with Gasteiger partial charge in [0.25, 0.3) is 5.91 Å². The highest BCUT2D eigenvalue weighted by Crippen LogP contribution is 2.24. The molecular formula is C16H21N3O4S. The number of carbonyl (C=O) groups is 3. The fraction of sp³-hybridized carbons (Fsp3) is 0.500. The fourth-order valence-electron chi connectivity index (χ4n) is 2.60. The van der Waals surface area contributed by atoms with Crippen LogP contribution in [0.2, 0.25) is 0 Å². The Morgan fingerprint density at radius 2 is 2.29 bits per heavy atom. The maximum Gasteiger partial charge on any atom is 0.330 e. The van der Waals surface area contributed by atoms with E-state index >= 15 is 0 Å². The molecule has 1 aliphatic rings. The van der Waals surface area contributed by atoms with Gasteiger partial charge in [-0.3, -0.25) is 14.5 Å². The molecule has 2 rings (SSSR count). The van der Waals surface area contributed by atoms with Crippen LogP contribution in [0.25, 0.3) is 0 Å². The van der Waals surface area contributed by atoms with Crippen LogP contribution in [-0.2, 0) is 14.3 Å². The monoisotopic (exact) mass is 351 g/mol. The highest BCUT2D eigenvalue weighted by atomic mass is 32.1. The number of hydrogen-bond donors (Lipinski definition) is 0. The van der Waals surface area contributed by atoms with Crippen molar-refractivity contribution in [2.75, 3.05) is 25.1 Å². The molecule has 7 nitrogen and oxygen atoms in total. The van der Waals surface area contributed by atoms with Crippen molar-refractivity contribution < 1.29 is 19.1 Å². The summed E-state index contributed by atoms with van der Waals surface area (Å²) in [6.07, 6.45) is 3.96. The van der Waals surface area contributed by atoms with Crippen LogP contribution in [0, 0.1) is 0 Å². The highest BCUT2D eigenvalue weighted by Gasteiger charge is 2.28. The van der Waals surface area contributed by atoms with Gasteiger partial charge in [-0.25, -0.2) is 9.78 Å². The maximum atomic E-state index is 12.5. The maximum absolute atomic E-state index is 12.5. The number of anilines is 1. The quantitative estimate of drug-likeness (QED) is 0.444. The van der Waals surface area contributed by atoms with Crippen molar-refractivity contribution in [3.8, 4) is 0 Å². The zero-order valence-corrected chi connectivity index (χ0v) is 14.8. The van der Waals surface area contributed by atoms with Crippen LogP contribution in [0.5, 0.6) is 0 Å². The van der Waals surface area contributed by atoms with E-state index in [1.165, 1.54) is 29.4 Å². The van der Waals surface area contributed by atoms with Gasteiger partial charge in [-0.1, -0.05) is 0 Å². The molecule has 0 aliphatic carbocycles. The van der Waals surface area contributed by atoms with Crippen LogP contribution in [-0.4, -0.2) is 54.4 Å². The van der Waals surface area contributed by atoms with Crippen molar-refractivity contribution in [2.45, 2.75) is 32.7 Å². The molecule has 0 saturated carbocycles. The minimum absolute atomic E-state index is 0.102. The number of aromatic nitrogens is 1. The molecule has 1 aliphatic heterocycles. The molecule has 8 heteroatoms. The number of rotatable bonds is 6. The smallest absolute Gasteiger partial charge is 0.330 e. The van der Waals surface area contributed by atoms with Gasteiger partial charge >= 0.3 is 5.97 Å². The molecule has 2 amide bonds. The van der Waals surface area contributed by atoms with E-state index in [0.717, 1.165) is 19.4 Å². The van der Waals surface area contributed by atoms with Gasteiger partial charge in [0, 0.05) is 30.6 Å². The number of likely N-dealkylation sites (tertiary alicyclic amines) is 1. The molecule has 1 saturated heterocycles. The van der Waals surface area contributed by atoms with Crippen molar-refractivity contribution in [1.82, 2.24) is 9.88 Å². The van der Waals surface area contributed by atoms with Crippen LogP contribution in [0.4, 0.5) is 5.13 Å². The molecule has 0 bridgehead atoms. The number of esters is 1. The number of ether oxygens (including phenoxy) is 1. The Morgan fingerprint density at radius 1 is 1.54 bits per heavy atom. The van der Waals surface area contributed by atoms with Gasteiger partial charge in [-0.05, 0) is 32.3 Å². The Labute approximate surface area is 144 Å². The van der Waals surface area contributed by atoms with Crippen molar-refractivity contribution in [2.24, 2.45) is 0 Å². The second-order valence-electron chi connectivity index (χ2n) is 5.75. The van der Waals surface area contributed by atoms with Gasteiger partial charge < -0.3 is 9.64 Å². The lowest BCUT2D eigenvalue weighted by Gasteiger charge is -2.20. The number of amides is 2. The SMILES string of the molecule is COC(=O)C=C(C)CN(C=O)c1nc(C(=O)N2CCC[C@@H]2C)cs1. The summed E-state index contributed by atoms with van der Waals surface area (Å²) in [7, 11) is 1.29. The average Bonchev–Trinajstić information content (AvgIpc) is 3.20. The first kappa shape index (κ1) is 18.1. The molecule has 1 aromatic heterocycles. The third-order valence-corrected chi connectivity index (χ3v) is 4.76. The molecule has 130 valence electrons. The number of nitrogens with zero attached hydrogens (tertiary/aromatic N) is 3. The third-order valence-electron chi connectivity index (χ3n) is 3.88. The lowest BCUT2D eigenvalue weighted by molar-refractivity contribution is -0.134. The van der Waals surface area contributed by atoms with Crippen molar-refractivity contribution in [1.29, 1.82) is 0 Å². The van der Waals surface area contributed by atoms with Crippen molar-refractivity contribution in [3.05, 3.63) is 22.7 Å². The minimum atomic E-state index is -0.476. The first-order chi connectivity index (χ1) is 11.5. The highest BCUT2D eigenvalue weighted by molar-refractivity contribution is 7.14. The number of carbonyl (C=O) groups excluding carboxylic acids is 3. The van der Waals surface area contributed by atoms with Gasteiger partial charge in [-0.15, -0.1) is 11.3 Å². The van der Waals surface area contributed by atoms with Gasteiger partial charge in [0.1, 0.15) is 5.69 Å². The molecule has 0 radical (unpaired) electrons. The van der Waals surface area contributed by atoms with E-state index in [0.29, 0.717) is 22.8 Å². The average molecular weight is 351 g/mol. The summed E-state index contributed by atoms with van der Waals surface area (Å²) in [5.74, 6) is -0.577. The molecule has 2 heterocycles. The van der Waals surface area contributed by atoms with E-state index < -0.39 is 5.97 Å². The summed E-state index contributed by atoms with van der Waals surface area (Å²) in [6, 6.07) is 0.218. The first-order valence-electron chi connectivity index (χ1n) is 7.69. The number of thiazole rings is 1. The molecule has 24 heavy (non-hydrogen) atoms. The second-order valence-corrected chi connectivity index (χ2v) is 6.59. The molecule has 1 fully saturated rings. The predicted molar refractivity (Wildman–Crippen MR) is 91.0 cm³/mol. The van der Waals surface area contributed by atoms with Gasteiger partial charge in [0.15, 0.2) is 5.13 Å². The van der Waals surface area contributed by atoms with Crippen LogP contribution in [0.3, 0.4) is 0 Å². The standard InChI is InChI=1S/C16H21N3O4S/c1-11(7-14(21)23-3)8-18(10-20)16-17-13(9-24-16)15(22)19-6-4-5-12(19)2/h7,9-10,12H,4-6,8H2,1-3H3/t12-/m0/s1. The number of methoxy groups -OCH3 is 1. The zero-order chi connectivity index (χ0) is 17.7. The Balaban J connectivity index is 2.09. The fourth-order valence-corrected chi connectivity index (χ4v) is 3.37. The van der Waals surface area contributed by atoms with Crippen LogP contribution in [0.1, 0.15) is 37.2 Å². The van der Waals surface area contributed by atoms with Crippen molar-refractivity contribution in [3.63, 3.8) is 0 Å². The van der Waals surface area contributed by atoms with E-state index in [4.69, 9.17) is 0 Å². The van der Waals surface area contributed by atoms with E-state index in [-0.39, 0.29) is 18.5 Å². The topological polar surface area (TPSA) is 79.8 Å². The normalized spacial score (nSPS) is 17.7. The Hall–Kier alpha value is -2.22. The summed E-state index contributed by atoms with van der Waals surface area (Å²) < 4.78 is 4.56. The Morgan fingerprint density at radius 3 is 2.88 bits per heavy atom. The molecule has 0 aromatic carbocycles. The van der Waals surface area contributed by atoms with Crippen LogP contribution < -0.4 is 4.90 Å². The Kier molecular flexibility index (Phi) is 6.08. The molecular weight excluding hydrogens is 330 g/mol. The minimum Gasteiger partial charge on any atom is -0.466 e. The summed E-state index contributed by atoms with van der Waals surface area (Å²) in [4.78, 5) is 42.5. The van der Waals surface area contributed by atoms with Gasteiger partial charge in [0.2, 0.25) is 6.41 Å². The first-order valence-corrected chi connectivity index (χ1v) is 8.57. The molecule has 0 N–H and O–H groups in total. The summed E-state index contributed by atoms with van der Waals surface area (Å²) in [5, 5.41) is 2.09. The molecule has 1 atom stereocenters. The lowest BCUT2D eigenvalue weighted by atomic mass is 10.2. The number of hydrogen-bond acceptors (Lipinski definition) is 6. The largest absolute Gasteiger partial charge is 0.466 e. The third kappa shape index (κ3) is 4.19. The van der Waals surface area contributed by atoms with E-state index in [1.54, 1.807) is 12.3 Å². The van der Waals surface area contributed by atoms with Crippen LogP contribution >= 0.6 is 11.3 Å². The second kappa shape index (κ2) is 8.05. The van der Waals surface area contributed by atoms with Crippen molar-refractivity contribution >= 4 is 34.8 Å². The zero-order valence-electron chi connectivity index (χ0n) is 14.0.